The maximum atomic E-state index is 14.3. The predicted octanol–water partition coefficient (Wildman–Crippen LogP) is 5.57. The van der Waals surface area contributed by atoms with Crippen molar-refractivity contribution in [1.82, 2.24) is 19.4 Å². The number of pyridine rings is 1. The smallest absolute Gasteiger partial charge is 0.337 e. The van der Waals surface area contributed by atoms with E-state index in [1.54, 1.807) is 18.2 Å². The van der Waals surface area contributed by atoms with Crippen LogP contribution in [0.2, 0.25) is 0 Å². The number of benzene rings is 2. The number of rotatable bonds is 9. The van der Waals surface area contributed by atoms with Gasteiger partial charge in [-0.1, -0.05) is 12.1 Å². The van der Waals surface area contributed by atoms with Gasteiger partial charge in [0.15, 0.2) is 0 Å². The van der Waals surface area contributed by atoms with Crippen LogP contribution in [0, 0.1) is 17.1 Å². The van der Waals surface area contributed by atoms with Crippen LogP contribution >= 0.6 is 0 Å². The third-order valence-corrected chi connectivity index (χ3v) is 8.66. The molecule has 0 bridgehead atoms. The van der Waals surface area contributed by atoms with Gasteiger partial charge in [0.1, 0.15) is 17.5 Å². The Morgan fingerprint density at radius 3 is 2.67 bits per heavy atom. The third-order valence-electron chi connectivity index (χ3n) is 8.66. The van der Waals surface area contributed by atoms with Gasteiger partial charge in [0.25, 0.3) is 0 Å². The molecule has 222 valence electrons. The van der Waals surface area contributed by atoms with Gasteiger partial charge in [-0.3, -0.25) is 4.90 Å². The quantitative estimate of drug-likeness (QED) is 0.256. The van der Waals surface area contributed by atoms with Gasteiger partial charge < -0.3 is 19.4 Å². The van der Waals surface area contributed by atoms with Crippen LogP contribution in [0.15, 0.2) is 54.6 Å². The molecule has 2 aliphatic heterocycles. The standard InChI is InChI=1S/C33H35FN6O3/c1-21(32-38-29-9-8-24(33(41)42-2)17-30(29)40(32)20-26-12-15-43-26)39-13-10-23(11-14-39)28-4-3-5-31(37-28)36-19-25-7-6-22(18-35)16-27(25)34/h3-9,16-17,21,23,26H,10-15,19-20H2,1-2H3,(H,36,37)/t21?,26-/m0/s1. The molecule has 10 heteroatoms. The summed E-state index contributed by atoms with van der Waals surface area (Å²) in [6.45, 7) is 5.77. The van der Waals surface area contributed by atoms with Gasteiger partial charge in [-0.05, 0) is 81.7 Å². The van der Waals surface area contributed by atoms with Crippen molar-refractivity contribution in [3.63, 3.8) is 0 Å². The van der Waals surface area contributed by atoms with Crippen molar-refractivity contribution in [1.29, 1.82) is 5.26 Å². The molecule has 0 aliphatic carbocycles. The number of carbonyl (C=O) groups is 1. The Labute approximate surface area is 250 Å². The molecule has 0 radical (unpaired) electrons. The summed E-state index contributed by atoms with van der Waals surface area (Å²) in [5, 5.41) is 12.2. The van der Waals surface area contributed by atoms with Crippen molar-refractivity contribution in [3.8, 4) is 6.07 Å². The third kappa shape index (κ3) is 6.10. The second kappa shape index (κ2) is 12.5. The Morgan fingerprint density at radius 2 is 1.98 bits per heavy atom. The Hall–Kier alpha value is -4.33. The summed E-state index contributed by atoms with van der Waals surface area (Å²) in [4.78, 5) is 24.6. The largest absolute Gasteiger partial charge is 0.465 e. The summed E-state index contributed by atoms with van der Waals surface area (Å²) < 4.78 is 27.3. The van der Waals surface area contributed by atoms with Gasteiger partial charge in [0.2, 0.25) is 0 Å². The minimum atomic E-state index is -0.401. The zero-order valence-corrected chi connectivity index (χ0v) is 24.4. The van der Waals surface area contributed by atoms with Crippen molar-refractivity contribution < 1.29 is 18.7 Å². The fourth-order valence-corrected chi connectivity index (χ4v) is 6.00. The number of halogens is 1. The topological polar surface area (TPSA) is 105 Å². The number of aromatic nitrogens is 3. The van der Waals surface area contributed by atoms with Crippen LogP contribution in [-0.2, 0) is 22.6 Å². The first-order valence-electron chi connectivity index (χ1n) is 14.8. The van der Waals surface area contributed by atoms with E-state index in [2.05, 4.69) is 27.8 Å². The fourth-order valence-electron chi connectivity index (χ4n) is 6.00. The molecule has 1 unspecified atom stereocenters. The number of esters is 1. The number of anilines is 1. The molecule has 4 aromatic rings. The lowest BCUT2D eigenvalue weighted by Crippen LogP contribution is -2.37. The number of hydrogen-bond acceptors (Lipinski definition) is 8. The Kier molecular flexibility index (Phi) is 8.36. The van der Waals surface area contributed by atoms with Crippen molar-refractivity contribution in [2.24, 2.45) is 0 Å². The molecule has 2 atom stereocenters. The zero-order chi connectivity index (χ0) is 29.9. The van der Waals surface area contributed by atoms with Crippen molar-refractivity contribution in [3.05, 3.63) is 88.6 Å². The Morgan fingerprint density at radius 1 is 1.16 bits per heavy atom. The van der Waals surface area contributed by atoms with E-state index in [0.29, 0.717) is 35.0 Å². The molecule has 0 spiro atoms. The highest BCUT2D eigenvalue weighted by molar-refractivity contribution is 5.93. The number of methoxy groups -OCH3 is 1. The highest BCUT2D eigenvalue weighted by Crippen LogP contribution is 2.34. The van der Waals surface area contributed by atoms with Crippen LogP contribution in [0.4, 0.5) is 10.2 Å². The first-order chi connectivity index (χ1) is 20.9. The van der Waals surface area contributed by atoms with Gasteiger partial charge in [0, 0.05) is 30.3 Å². The van der Waals surface area contributed by atoms with E-state index in [4.69, 9.17) is 24.7 Å². The van der Waals surface area contributed by atoms with Crippen LogP contribution in [0.3, 0.4) is 0 Å². The molecule has 9 nitrogen and oxygen atoms in total. The Balaban J connectivity index is 1.13. The molecule has 0 saturated carbocycles. The number of ether oxygens (including phenoxy) is 2. The molecular weight excluding hydrogens is 547 g/mol. The number of imidazole rings is 1. The van der Waals surface area contributed by atoms with Gasteiger partial charge in [-0.2, -0.15) is 5.26 Å². The summed E-state index contributed by atoms with van der Waals surface area (Å²) in [6, 6.07) is 18.0. The number of nitriles is 1. The summed E-state index contributed by atoms with van der Waals surface area (Å²) in [5.74, 6) is 1.24. The average molecular weight is 583 g/mol. The summed E-state index contributed by atoms with van der Waals surface area (Å²) in [7, 11) is 1.39. The molecule has 2 aromatic heterocycles. The van der Waals surface area contributed by atoms with Gasteiger partial charge in [-0.25, -0.2) is 19.2 Å². The molecule has 6 rings (SSSR count). The highest BCUT2D eigenvalue weighted by atomic mass is 19.1. The van der Waals surface area contributed by atoms with E-state index >= 15 is 0 Å². The van der Waals surface area contributed by atoms with Crippen LogP contribution < -0.4 is 5.32 Å². The van der Waals surface area contributed by atoms with Crippen molar-refractivity contribution in [2.75, 3.05) is 32.1 Å². The van der Waals surface area contributed by atoms with Gasteiger partial charge in [-0.15, -0.1) is 0 Å². The van der Waals surface area contributed by atoms with E-state index in [1.165, 1.54) is 13.2 Å². The SMILES string of the molecule is COC(=O)c1ccc2nc(C(C)N3CCC(c4cccc(NCc5ccc(C#N)cc5F)n4)CC3)n(C[C@@H]3CCO3)c2c1. The zero-order valence-electron chi connectivity index (χ0n) is 24.4. The Bertz CT molecular complexity index is 1670. The maximum Gasteiger partial charge on any atom is 0.337 e. The van der Waals surface area contributed by atoms with Crippen LogP contribution in [0.5, 0.6) is 0 Å². The minimum absolute atomic E-state index is 0.0817. The number of hydrogen-bond donors (Lipinski definition) is 1. The maximum absolute atomic E-state index is 14.3. The molecule has 2 fully saturated rings. The summed E-state index contributed by atoms with van der Waals surface area (Å²) in [6.07, 6.45) is 3.09. The van der Waals surface area contributed by atoms with E-state index in [9.17, 15) is 9.18 Å². The van der Waals surface area contributed by atoms with Gasteiger partial charge in [0.05, 0.1) is 54.0 Å². The number of fused-ring (bicyclic) bond motifs is 1. The predicted molar refractivity (Wildman–Crippen MR) is 160 cm³/mol. The highest BCUT2D eigenvalue weighted by Gasteiger charge is 2.30. The van der Waals surface area contributed by atoms with E-state index in [-0.39, 0.29) is 24.7 Å². The normalized spacial score (nSPS) is 18.1. The molecule has 0 amide bonds. The minimum Gasteiger partial charge on any atom is -0.465 e. The van der Waals surface area contributed by atoms with E-state index in [1.807, 2.05) is 30.3 Å². The molecule has 43 heavy (non-hydrogen) atoms. The average Bonchev–Trinajstić information content (AvgIpc) is 3.39. The number of piperidine rings is 1. The number of likely N-dealkylation sites (tertiary alicyclic amines) is 1. The van der Waals surface area contributed by atoms with Crippen LogP contribution in [0.1, 0.15) is 71.1 Å². The van der Waals surface area contributed by atoms with E-state index < -0.39 is 5.82 Å². The summed E-state index contributed by atoms with van der Waals surface area (Å²) >= 11 is 0. The lowest BCUT2D eigenvalue weighted by atomic mass is 9.92. The van der Waals surface area contributed by atoms with Crippen LogP contribution in [0.25, 0.3) is 11.0 Å². The number of nitrogens with zero attached hydrogens (tertiary/aromatic N) is 5. The van der Waals surface area contributed by atoms with Crippen LogP contribution in [-0.4, -0.2) is 58.3 Å². The first-order valence-corrected chi connectivity index (χ1v) is 14.8. The summed E-state index contributed by atoms with van der Waals surface area (Å²) in [5.41, 5.74) is 4.12. The first kappa shape index (κ1) is 28.8. The van der Waals surface area contributed by atoms with Crippen molar-refractivity contribution >= 4 is 22.8 Å². The van der Waals surface area contributed by atoms with Crippen molar-refractivity contribution in [2.45, 2.75) is 57.3 Å². The lowest BCUT2D eigenvalue weighted by Gasteiger charge is -2.36. The second-order valence-electron chi connectivity index (χ2n) is 11.3. The fraction of sp³-hybridized carbons (Fsp3) is 0.394. The van der Waals surface area contributed by atoms with Gasteiger partial charge >= 0.3 is 5.97 Å². The molecule has 4 heterocycles. The number of nitrogens with one attached hydrogen (secondary N) is 1. The molecule has 2 saturated heterocycles. The molecule has 2 aromatic carbocycles. The molecule has 1 N–H and O–H groups in total. The lowest BCUT2D eigenvalue weighted by molar-refractivity contribution is -0.0594. The molecular formula is C33H35FN6O3. The van der Waals surface area contributed by atoms with E-state index in [0.717, 1.165) is 61.5 Å². The second-order valence-corrected chi connectivity index (χ2v) is 11.3. The number of carbonyl (C=O) groups excluding carboxylic acids is 1. The monoisotopic (exact) mass is 582 g/mol. The molecule has 2 aliphatic rings.